The van der Waals surface area contributed by atoms with Gasteiger partial charge in [-0.3, -0.25) is 0 Å². The highest BCUT2D eigenvalue weighted by atomic mass is 19.4. The van der Waals surface area contributed by atoms with E-state index in [1.54, 1.807) is 12.1 Å². The first-order valence-corrected chi connectivity index (χ1v) is 10.7. The molecule has 0 atom stereocenters. The fraction of sp³-hybridized carbons (Fsp3) is 0.143. The van der Waals surface area contributed by atoms with E-state index >= 15 is 8.78 Å². The zero-order valence-corrected chi connectivity index (χ0v) is 19.6. The molecule has 0 N–H and O–H groups in total. The predicted molar refractivity (Wildman–Crippen MR) is 120 cm³/mol. The molecule has 0 aliphatic heterocycles. The van der Waals surface area contributed by atoms with Crippen LogP contribution in [0.3, 0.4) is 0 Å². The van der Waals surface area contributed by atoms with Crippen LogP contribution in [0.2, 0.25) is 0 Å². The van der Waals surface area contributed by atoms with Gasteiger partial charge in [0, 0.05) is 22.3 Å². The maximum atomic E-state index is 15.6. The van der Waals surface area contributed by atoms with E-state index in [-0.39, 0.29) is 0 Å². The average molecular weight is 564 g/mol. The second-order valence-electron chi connectivity index (χ2n) is 7.89. The van der Waals surface area contributed by atoms with Gasteiger partial charge in [0.15, 0.2) is 5.82 Å². The molecule has 40 heavy (non-hydrogen) atoms. The maximum Gasteiger partial charge on any atom is 0.419 e. The van der Waals surface area contributed by atoms with Crippen molar-refractivity contribution in [2.45, 2.75) is 25.2 Å². The van der Waals surface area contributed by atoms with Crippen LogP contribution in [-0.2, 0) is 25.2 Å². The van der Waals surface area contributed by atoms with Crippen molar-refractivity contribution in [3.63, 3.8) is 0 Å². The molecule has 0 aromatic heterocycles. The maximum absolute atomic E-state index is 15.6. The fourth-order valence-corrected chi connectivity index (χ4v) is 3.45. The van der Waals surface area contributed by atoms with E-state index in [4.69, 9.17) is 10.5 Å². The third-order valence-electron chi connectivity index (χ3n) is 5.29. The van der Waals surface area contributed by atoms with E-state index in [9.17, 15) is 35.1 Å². The van der Waals surface area contributed by atoms with Crippen LogP contribution in [-0.4, -0.2) is 0 Å². The molecule has 0 bridgehead atoms. The number of hydrogen-bond donors (Lipinski definition) is 0. The third kappa shape index (κ3) is 6.37. The Bertz CT molecular complexity index is 1570. The topological polar surface area (TPSA) is 47.6 Å². The third-order valence-corrected chi connectivity index (χ3v) is 5.29. The molecule has 12 heteroatoms. The Morgan fingerprint density at radius 1 is 0.550 bits per heavy atom. The Morgan fingerprint density at radius 2 is 0.925 bits per heavy atom. The van der Waals surface area contributed by atoms with Crippen molar-refractivity contribution >= 4 is 0 Å². The molecule has 0 unspecified atom stereocenters. The molecule has 0 saturated carbocycles. The zero-order chi connectivity index (χ0) is 29.8. The lowest BCUT2D eigenvalue weighted by Crippen LogP contribution is -2.09. The first-order valence-electron chi connectivity index (χ1n) is 10.7. The predicted octanol–water partition coefficient (Wildman–Crippen LogP) is 7.21. The number of halogens is 10. The van der Waals surface area contributed by atoms with Crippen LogP contribution in [0.1, 0.15) is 44.5 Å². The molecule has 0 radical (unpaired) electrons. The van der Waals surface area contributed by atoms with Gasteiger partial charge >= 0.3 is 12.4 Å². The minimum Gasteiger partial charge on any atom is -0.206 e. The second-order valence-corrected chi connectivity index (χ2v) is 7.89. The van der Waals surface area contributed by atoms with Gasteiger partial charge in [0.1, 0.15) is 17.5 Å². The van der Waals surface area contributed by atoms with E-state index < -0.39 is 93.0 Å². The van der Waals surface area contributed by atoms with Crippen molar-refractivity contribution in [1.82, 2.24) is 0 Å². The van der Waals surface area contributed by atoms with Crippen LogP contribution < -0.4 is 0 Å². The number of nitriles is 2. The highest BCUT2D eigenvalue weighted by molar-refractivity contribution is 5.59. The molecular weight excluding hydrogens is 554 g/mol. The summed E-state index contributed by atoms with van der Waals surface area (Å²) in [5, 5.41) is 18.2. The summed E-state index contributed by atoms with van der Waals surface area (Å²) in [6.07, 6.45) is -11.7. The largest absolute Gasteiger partial charge is 0.419 e. The van der Waals surface area contributed by atoms with Gasteiger partial charge in [0.05, 0.1) is 47.2 Å². The molecule has 202 valence electrons. The van der Waals surface area contributed by atoms with E-state index in [1.165, 1.54) is 0 Å². The summed E-state index contributed by atoms with van der Waals surface area (Å²) in [6.45, 7) is 0. The average Bonchev–Trinajstić information content (AvgIpc) is 2.87. The van der Waals surface area contributed by atoms with Gasteiger partial charge in [-0.05, 0) is 36.4 Å². The first kappa shape index (κ1) is 29.6. The number of rotatable bonds is 2. The van der Waals surface area contributed by atoms with Crippen molar-refractivity contribution in [2.24, 2.45) is 0 Å². The summed E-state index contributed by atoms with van der Waals surface area (Å²) in [5.41, 5.74) is -7.18. The van der Waals surface area contributed by atoms with Gasteiger partial charge in [-0.1, -0.05) is 23.7 Å². The summed E-state index contributed by atoms with van der Waals surface area (Å²) in [4.78, 5) is 0. The normalized spacial score (nSPS) is 11.0. The summed E-state index contributed by atoms with van der Waals surface area (Å²) in [6, 6.07) is 6.40. The van der Waals surface area contributed by atoms with Crippen molar-refractivity contribution in [3.8, 4) is 35.8 Å². The van der Waals surface area contributed by atoms with Gasteiger partial charge in [-0.2, -0.15) is 36.9 Å². The van der Waals surface area contributed by atoms with Crippen molar-refractivity contribution in [1.29, 1.82) is 10.5 Å². The van der Waals surface area contributed by atoms with Crippen LogP contribution in [0, 0.1) is 69.6 Å². The van der Waals surface area contributed by atoms with Crippen LogP contribution in [0.25, 0.3) is 0 Å². The summed E-state index contributed by atoms with van der Waals surface area (Å²) in [5.74, 6) is 2.59. The zero-order valence-electron chi connectivity index (χ0n) is 19.6. The lowest BCUT2D eigenvalue weighted by atomic mass is 9.93. The van der Waals surface area contributed by atoms with Crippen molar-refractivity contribution in [3.05, 3.63) is 104 Å². The molecule has 0 spiro atoms. The quantitative estimate of drug-likeness (QED) is 0.244. The smallest absolute Gasteiger partial charge is 0.206 e. The Kier molecular flexibility index (Phi) is 8.46. The van der Waals surface area contributed by atoms with Gasteiger partial charge in [0.25, 0.3) is 0 Å². The molecule has 0 aliphatic carbocycles. The number of hydrogen-bond acceptors (Lipinski definition) is 2. The number of benzene rings is 3. The van der Waals surface area contributed by atoms with Crippen LogP contribution in [0.5, 0.6) is 0 Å². The molecule has 3 aromatic carbocycles. The number of nitrogens with zero attached hydrogens (tertiary/aromatic N) is 2. The minimum atomic E-state index is -5.08. The first-order chi connectivity index (χ1) is 18.7. The SMILES string of the molecule is N#CCc1c(F)c(CC#N)c(C#Cc2ccc(F)c(C(F)(F)F)c2)c(F)c1C#Cc1ccc(F)c(C(F)(F)F)c1. The minimum absolute atomic E-state index is 0.331. The summed E-state index contributed by atoms with van der Waals surface area (Å²) in [7, 11) is 0. The van der Waals surface area contributed by atoms with Gasteiger partial charge < -0.3 is 0 Å². The molecule has 3 rings (SSSR count). The fourth-order valence-electron chi connectivity index (χ4n) is 3.45. The Hall–Kier alpha value is -4.94. The van der Waals surface area contributed by atoms with Gasteiger partial charge in [-0.15, -0.1) is 0 Å². The lowest BCUT2D eigenvalue weighted by Gasteiger charge is -2.12. The Labute approximate surface area is 220 Å². The van der Waals surface area contributed by atoms with E-state index in [1.807, 2.05) is 0 Å². The second kappa shape index (κ2) is 11.4. The number of alkyl halides is 6. The molecule has 0 fully saturated rings. The molecule has 3 aromatic rings. The molecule has 0 heterocycles. The molecule has 0 aliphatic rings. The van der Waals surface area contributed by atoms with E-state index in [0.717, 1.165) is 12.1 Å². The monoisotopic (exact) mass is 564 g/mol. The standard InChI is InChI=1S/C28H10F10N2/c29-23-7-3-15(13-21(23)27(33,34)35)1-5-17-19(9-11-39)26(32)20(10-12-40)18(25(17)31)6-2-16-4-8-24(30)22(14-16)28(36,37)38/h3-4,7-8,13-14H,9-10H2. The van der Waals surface area contributed by atoms with Crippen molar-refractivity contribution < 1.29 is 43.9 Å². The Balaban J connectivity index is 2.26. The molecule has 0 amide bonds. The van der Waals surface area contributed by atoms with Crippen LogP contribution in [0.4, 0.5) is 43.9 Å². The summed E-state index contributed by atoms with van der Waals surface area (Å²) >= 11 is 0. The van der Waals surface area contributed by atoms with E-state index in [0.29, 0.717) is 24.3 Å². The van der Waals surface area contributed by atoms with Crippen LogP contribution >= 0.6 is 0 Å². The van der Waals surface area contributed by atoms with E-state index in [2.05, 4.69) is 23.7 Å². The van der Waals surface area contributed by atoms with Crippen LogP contribution in [0.15, 0.2) is 36.4 Å². The highest BCUT2D eigenvalue weighted by Crippen LogP contribution is 2.33. The highest BCUT2D eigenvalue weighted by Gasteiger charge is 2.35. The van der Waals surface area contributed by atoms with Gasteiger partial charge in [-0.25, -0.2) is 17.6 Å². The van der Waals surface area contributed by atoms with Crippen molar-refractivity contribution in [2.75, 3.05) is 0 Å². The molecule has 0 saturated heterocycles. The summed E-state index contributed by atoms with van der Waals surface area (Å²) < 4.78 is 136. The molecule has 2 nitrogen and oxygen atoms in total. The molecular formula is C28H10F10N2. The van der Waals surface area contributed by atoms with Gasteiger partial charge in [0.2, 0.25) is 0 Å². The Morgan fingerprint density at radius 3 is 1.25 bits per heavy atom. The lowest BCUT2D eigenvalue weighted by molar-refractivity contribution is -0.140.